The van der Waals surface area contributed by atoms with E-state index >= 15 is 0 Å². The van der Waals surface area contributed by atoms with Crippen molar-refractivity contribution >= 4 is 11.9 Å². The Morgan fingerprint density at radius 3 is 0.978 bits per heavy atom. The van der Waals surface area contributed by atoms with E-state index in [9.17, 15) is 14.7 Å². The first kappa shape index (κ1) is 50.0. The standard InChI is InChI=1S/C22H40O4.C18H38O.Na/c1-2-3-4-5-6-7-8-9-10-11-12-13-14-15-16-17-20-26-22(25)19-18-21(23)24;1-2-3-4-5-6-7-8-9-10-11-12-13-14-15-16-17-18-19;/h18-19H,2-17,20H2,1H3,(H,23,24);19H,2-18H2,1H3;/q;;+1/p-1. The summed E-state index contributed by atoms with van der Waals surface area (Å²) < 4.78 is 4.89. The fourth-order valence-corrected chi connectivity index (χ4v) is 5.67. The van der Waals surface area contributed by atoms with Crippen LogP contribution in [0.25, 0.3) is 0 Å². The van der Waals surface area contributed by atoms with Crippen molar-refractivity contribution in [2.75, 3.05) is 13.2 Å². The summed E-state index contributed by atoms with van der Waals surface area (Å²) in [5.41, 5.74) is 0. The summed E-state index contributed by atoms with van der Waals surface area (Å²) >= 11 is 0. The second kappa shape index (κ2) is 46.8. The number of unbranched alkanes of at least 4 members (excludes halogenated alkanes) is 30. The van der Waals surface area contributed by atoms with Gasteiger partial charge in [-0.3, -0.25) is 0 Å². The zero-order valence-corrected chi connectivity index (χ0v) is 33.3. The normalized spacial score (nSPS) is 10.8. The van der Waals surface area contributed by atoms with Crippen LogP contribution in [0, 0.1) is 0 Å². The molecule has 0 saturated carbocycles. The van der Waals surface area contributed by atoms with Crippen LogP contribution in [0.3, 0.4) is 0 Å². The molecule has 0 atom stereocenters. The molecular weight excluding hydrogens is 583 g/mol. The van der Waals surface area contributed by atoms with E-state index < -0.39 is 11.9 Å². The summed E-state index contributed by atoms with van der Waals surface area (Å²) in [4.78, 5) is 21.2. The Balaban J connectivity index is -0.000000824. The Morgan fingerprint density at radius 1 is 0.457 bits per heavy atom. The largest absolute Gasteiger partial charge is 1.00 e. The van der Waals surface area contributed by atoms with Crippen LogP contribution in [0.5, 0.6) is 0 Å². The van der Waals surface area contributed by atoms with Gasteiger partial charge in [-0.05, 0) is 18.9 Å². The molecule has 0 aliphatic carbocycles. The second-order valence-electron chi connectivity index (χ2n) is 13.2. The van der Waals surface area contributed by atoms with Gasteiger partial charge in [-0.25, -0.2) is 4.79 Å². The number of carboxylic acids is 1. The van der Waals surface area contributed by atoms with Crippen LogP contribution in [-0.2, 0) is 14.3 Å². The van der Waals surface area contributed by atoms with E-state index in [4.69, 9.17) is 9.84 Å². The Hall–Kier alpha value is -0.360. The van der Waals surface area contributed by atoms with E-state index in [1.807, 2.05) is 0 Å². The number of aliphatic hydroxyl groups excluding tert-OH is 1. The summed E-state index contributed by atoms with van der Waals surface area (Å²) in [6, 6.07) is 0. The van der Waals surface area contributed by atoms with Gasteiger partial charge in [0, 0.05) is 12.7 Å². The molecular formula is C40H77NaO5. The smallest absolute Gasteiger partial charge is 0.545 e. The predicted octanol–water partition coefficient (Wildman–Crippen LogP) is 8.34. The van der Waals surface area contributed by atoms with Gasteiger partial charge < -0.3 is 19.7 Å². The van der Waals surface area contributed by atoms with E-state index in [-0.39, 0.29) is 29.6 Å². The van der Waals surface area contributed by atoms with Gasteiger partial charge in [-0.2, -0.15) is 0 Å². The number of aliphatic carboxylic acids is 1. The molecule has 0 aliphatic rings. The number of rotatable bonds is 35. The Labute approximate surface area is 309 Å². The quantitative estimate of drug-likeness (QED) is 0.0320. The zero-order valence-electron chi connectivity index (χ0n) is 31.3. The molecule has 6 heteroatoms. The first-order valence-electron chi connectivity index (χ1n) is 19.7. The number of carboxylic acid groups (broad SMARTS) is 1. The van der Waals surface area contributed by atoms with E-state index in [0.717, 1.165) is 25.3 Å². The topological polar surface area (TPSA) is 86.7 Å². The first-order valence-corrected chi connectivity index (χ1v) is 19.7. The second-order valence-corrected chi connectivity index (χ2v) is 13.2. The van der Waals surface area contributed by atoms with Gasteiger partial charge in [-0.1, -0.05) is 206 Å². The molecule has 0 aromatic carbocycles. The molecule has 0 heterocycles. The van der Waals surface area contributed by atoms with Gasteiger partial charge in [0.05, 0.1) is 12.6 Å². The fourth-order valence-electron chi connectivity index (χ4n) is 5.67. The van der Waals surface area contributed by atoms with Crippen molar-refractivity contribution in [3.8, 4) is 0 Å². The maximum Gasteiger partial charge on any atom is 1.00 e. The minimum atomic E-state index is -1.38. The number of carbonyl (C=O) groups is 2. The van der Waals surface area contributed by atoms with Crippen LogP contribution >= 0.6 is 0 Å². The van der Waals surface area contributed by atoms with Crippen molar-refractivity contribution in [1.82, 2.24) is 0 Å². The Kier molecular flexibility index (Phi) is 50.8. The van der Waals surface area contributed by atoms with Crippen LogP contribution < -0.4 is 34.7 Å². The fraction of sp³-hybridized carbons (Fsp3) is 0.900. The van der Waals surface area contributed by atoms with E-state index in [2.05, 4.69) is 13.8 Å². The number of aliphatic hydroxyl groups is 1. The van der Waals surface area contributed by atoms with E-state index in [0.29, 0.717) is 19.3 Å². The van der Waals surface area contributed by atoms with Gasteiger partial charge in [0.15, 0.2) is 0 Å². The van der Waals surface area contributed by atoms with E-state index in [1.54, 1.807) is 0 Å². The van der Waals surface area contributed by atoms with Crippen LogP contribution in [0.1, 0.15) is 219 Å². The molecule has 0 radical (unpaired) electrons. The van der Waals surface area contributed by atoms with Gasteiger partial charge >= 0.3 is 35.5 Å². The van der Waals surface area contributed by atoms with Crippen molar-refractivity contribution in [3.05, 3.63) is 12.2 Å². The molecule has 0 bridgehead atoms. The van der Waals surface area contributed by atoms with Crippen molar-refractivity contribution in [2.24, 2.45) is 0 Å². The molecule has 0 unspecified atom stereocenters. The monoisotopic (exact) mass is 661 g/mol. The summed E-state index contributed by atoms with van der Waals surface area (Å²) in [6.45, 7) is 5.28. The average Bonchev–Trinajstić information content (AvgIpc) is 3.03. The molecule has 0 fully saturated rings. The van der Waals surface area contributed by atoms with Gasteiger partial charge in [0.2, 0.25) is 0 Å². The molecule has 0 aliphatic heterocycles. The van der Waals surface area contributed by atoms with Crippen molar-refractivity contribution in [2.45, 2.75) is 219 Å². The molecule has 46 heavy (non-hydrogen) atoms. The van der Waals surface area contributed by atoms with Gasteiger partial charge in [0.25, 0.3) is 0 Å². The molecule has 5 nitrogen and oxygen atoms in total. The maximum absolute atomic E-state index is 11.1. The Bertz CT molecular complexity index is 594. The van der Waals surface area contributed by atoms with E-state index in [1.165, 1.54) is 186 Å². The number of carbonyl (C=O) groups excluding carboxylic acids is 2. The molecule has 268 valence electrons. The third-order valence-corrected chi connectivity index (χ3v) is 8.61. The van der Waals surface area contributed by atoms with Crippen LogP contribution in [0.2, 0.25) is 0 Å². The van der Waals surface area contributed by atoms with Crippen LogP contribution in [-0.4, -0.2) is 30.3 Å². The average molecular weight is 661 g/mol. The minimum absolute atomic E-state index is 0. The molecule has 1 N–H and O–H groups in total. The molecule has 0 aromatic heterocycles. The molecule has 0 aromatic rings. The minimum Gasteiger partial charge on any atom is -0.545 e. The summed E-state index contributed by atoms with van der Waals surface area (Å²) in [6.07, 6.45) is 44.6. The third kappa shape index (κ3) is 50.5. The number of hydrogen-bond donors (Lipinski definition) is 1. The van der Waals surface area contributed by atoms with Gasteiger partial charge in [-0.15, -0.1) is 0 Å². The van der Waals surface area contributed by atoms with Crippen LogP contribution in [0.15, 0.2) is 12.2 Å². The van der Waals surface area contributed by atoms with Crippen molar-refractivity contribution in [1.29, 1.82) is 0 Å². The van der Waals surface area contributed by atoms with Gasteiger partial charge in [0.1, 0.15) is 0 Å². The number of esters is 1. The summed E-state index contributed by atoms with van der Waals surface area (Å²) in [5.74, 6) is -2.00. The molecule has 0 spiro atoms. The molecule has 0 saturated heterocycles. The maximum atomic E-state index is 11.1. The summed E-state index contributed by atoms with van der Waals surface area (Å²) in [5, 5.41) is 18.8. The predicted molar refractivity (Wildman–Crippen MR) is 191 cm³/mol. The summed E-state index contributed by atoms with van der Waals surface area (Å²) in [7, 11) is 0. The molecule has 0 amide bonds. The Morgan fingerprint density at radius 2 is 0.717 bits per heavy atom. The third-order valence-electron chi connectivity index (χ3n) is 8.61. The number of hydrogen-bond acceptors (Lipinski definition) is 5. The molecule has 0 rings (SSSR count). The first-order chi connectivity index (χ1) is 22.1. The zero-order chi connectivity index (χ0) is 33.3. The number of ether oxygens (including phenoxy) is 1. The van der Waals surface area contributed by atoms with Crippen molar-refractivity contribution in [3.63, 3.8) is 0 Å². The SMILES string of the molecule is CCCCCCCCCCCCCCCCCCO.CCCCCCCCCCCCCCCCCCOC(=O)C=CC(=O)[O-].[Na+]. The van der Waals surface area contributed by atoms with Crippen LogP contribution in [0.4, 0.5) is 0 Å². The van der Waals surface area contributed by atoms with Crippen molar-refractivity contribution < 1.29 is 54.1 Å².